The predicted octanol–water partition coefficient (Wildman–Crippen LogP) is 2.02. The lowest BCUT2D eigenvalue weighted by Gasteiger charge is -2.11. The third-order valence-corrected chi connectivity index (χ3v) is 2.25. The van der Waals surface area contributed by atoms with Crippen LogP contribution >= 0.6 is 0 Å². The Morgan fingerprint density at radius 3 is 2.47 bits per heavy atom. The third-order valence-electron chi connectivity index (χ3n) is 2.25. The summed E-state index contributed by atoms with van der Waals surface area (Å²) in [6, 6.07) is 5.52. The molecule has 1 aromatic rings. The Morgan fingerprint density at radius 2 is 1.95 bits per heavy atom. The molecule has 0 amide bonds. The Balaban J connectivity index is 3.16. The summed E-state index contributed by atoms with van der Waals surface area (Å²) < 4.78 is 18.4. The van der Waals surface area contributed by atoms with E-state index in [1.54, 1.807) is 21.0 Å². The highest BCUT2D eigenvalue weighted by Crippen LogP contribution is 2.14. The summed E-state index contributed by atoms with van der Waals surface area (Å²) in [6.45, 7) is 1.78. The first kappa shape index (κ1) is 14.9. The van der Waals surface area contributed by atoms with Crippen LogP contribution in [0.25, 0.3) is 0 Å². The molecule has 0 unspecified atom stereocenters. The number of ether oxygens (including phenoxy) is 1. The zero-order valence-corrected chi connectivity index (χ0v) is 11.1. The van der Waals surface area contributed by atoms with Crippen LogP contribution in [0.15, 0.2) is 36.0 Å². The molecule has 0 aliphatic carbocycles. The van der Waals surface area contributed by atoms with Crippen LogP contribution < -0.4 is 0 Å². The maximum Gasteiger partial charge on any atom is 0.343 e. The highest BCUT2D eigenvalue weighted by Gasteiger charge is 2.23. The van der Waals surface area contributed by atoms with E-state index in [2.05, 4.69) is 0 Å². The second kappa shape index (κ2) is 6.68. The van der Waals surface area contributed by atoms with E-state index < -0.39 is 17.6 Å². The summed E-state index contributed by atoms with van der Waals surface area (Å²) >= 11 is 0. The van der Waals surface area contributed by atoms with Crippen molar-refractivity contribution in [1.82, 2.24) is 4.90 Å². The van der Waals surface area contributed by atoms with Crippen LogP contribution in [-0.4, -0.2) is 37.4 Å². The van der Waals surface area contributed by atoms with Crippen molar-refractivity contribution in [2.24, 2.45) is 0 Å². The van der Waals surface area contributed by atoms with Gasteiger partial charge in [0.15, 0.2) is 0 Å². The second-order valence-corrected chi connectivity index (χ2v) is 4.04. The Morgan fingerprint density at radius 1 is 1.32 bits per heavy atom. The van der Waals surface area contributed by atoms with Gasteiger partial charge in [0, 0.05) is 20.3 Å². The van der Waals surface area contributed by atoms with Crippen molar-refractivity contribution in [3.05, 3.63) is 47.4 Å². The van der Waals surface area contributed by atoms with Gasteiger partial charge in [-0.1, -0.05) is 12.1 Å². The first-order valence-electron chi connectivity index (χ1n) is 5.82. The van der Waals surface area contributed by atoms with E-state index in [4.69, 9.17) is 4.74 Å². The van der Waals surface area contributed by atoms with Crippen molar-refractivity contribution in [2.75, 3.05) is 20.7 Å². The number of Topliss-reactive ketones (excluding diaryl/α,β-unsaturated/α-hetero) is 1. The number of hydrogen-bond donors (Lipinski definition) is 0. The molecular weight excluding hydrogens is 249 g/mol. The maximum atomic E-state index is 13.6. The van der Waals surface area contributed by atoms with Gasteiger partial charge < -0.3 is 9.64 Å². The molecule has 1 aromatic carbocycles. The summed E-state index contributed by atoms with van der Waals surface area (Å²) in [7, 11) is 3.32. The van der Waals surface area contributed by atoms with Crippen LogP contribution in [0.3, 0.4) is 0 Å². The fourth-order valence-electron chi connectivity index (χ4n) is 1.46. The molecule has 19 heavy (non-hydrogen) atoms. The van der Waals surface area contributed by atoms with Crippen LogP contribution in [0, 0.1) is 5.82 Å². The lowest BCUT2D eigenvalue weighted by Crippen LogP contribution is -2.20. The number of halogens is 1. The van der Waals surface area contributed by atoms with E-state index in [-0.39, 0.29) is 17.7 Å². The monoisotopic (exact) mass is 265 g/mol. The van der Waals surface area contributed by atoms with Gasteiger partial charge in [-0.15, -0.1) is 0 Å². The van der Waals surface area contributed by atoms with E-state index in [1.807, 2.05) is 0 Å². The predicted molar refractivity (Wildman–Crippen MR) is 69.1 cm³/mol. The summed E-state index contributed by atoms with van der Waals surface area (Å²) in [5.41, 5.74) is -0.347. The molecule has 5 heteroatoms. The maximum absolute atomic E-state index is 13.6. The lowest BCUT2D eigenvalue weighted by molar-refractivity contribution is -0.138. The van der Waals surface area contributed by atoms with Gasteiger partial charge in [-0.05, 0) is 19.1 Å². The third kappa shape index (κ3) is 3.91. The smallest absolute Gasteiger partial charge is 0.343 e. The Labute approximate surface area is 111 Å². The summed E-state index contributed by atoms with van der Waals surface area (Å²) in [6.07, 6.45) is 1.33. The van der Waals surface area contributed by atoms with Gasteiger partial charge in [0.1, 0.15) is 11.4 Å². The number of carbonyl (C=O) groups excluding carboxylic acids is 2. The molecule has 1 rings (SSSR count). The van der Waals surface area contributed by atoms with E-state index in [0.29, 0.717) is 0 Å². The molecule has 102 valence electrons. The Hall–Kier alpha value is -2.17. The van der Waals surface area contributed by atoms with Gasteiger partial charge in [0.25, 0.3) is 0 Å². The average Bonchev–Trinajstić information content (AvgIpc) is 2.36. The molecule has 0 heterocycles. The van der Waals surface area contributed by atoms with Crippen LogP contribution in [-0.2, 0) is 9.53 Å². The normalized spacial score (nSPS) is 11.1. The zero-order valence-electron chi connectivity index (χ0n) is 11.1. The quantitative estimate of drug-likeness (QED) is 0.269. The van der Waals surface area contributed by atoms with Crippen molar-refractivity contribution < 1.29 is 18.7 Å². The summed E-state index contributed by atoms with van der Waals surface area (Å²) in [5, 5.41) is 0. The summed E-state index contributed by atoms with van der Waals surface area (Å²) in [5.74, 6) is -2.11. The van der Waals surface area contributed by atoms with Crippen LogP contribution in [0.1, 0.15) is 17.3 Å². The van der Waals surface area contributed by atoms with E-state index in [0.717, 1.165) is 0 Å². The van der Waals surface area contributed by atoms with E-state index in [1.165, 1.54) is 35.4 Å². The number of hydrogen-bond acceptors (Lipinski definition) is 4. The molecule has 0 atom stereocenters. The van der Waals surface area contributed by atoms with Crippen molar-refractivity contribution in [3.8, 4) is 0 Å². The topological polar surface area (TPSA) is 46.6 Å². The number of ketones is 1. The minimum Gasteiger partial charge on any atom is -0.462 e. The SMILES string of the molecule is CCOC(=O)/C(=C\N(C)C)C(=O)c1ccccc1F. The second-order valence-electron chi connectivity index (χ2n) is 4.04. The number of carbonyl (C=O) groups is 2. The molecule has 0 aromatic heterocycles. The first-order chi connectivity index (χ1) is 8.97. The van der Waals surface area contributed by atoms with E-state index >= 15 is 0 Å². The molecule has 0 radical (unpaired) electrons. The number of benzene rings is 1. The number of nitrogens with zero attached hydrogens (tertiary/aromatic N) is 1. The molecule has 0 saturated heterocycles. The minimum atomic E-state index is -0.760. The molecule has 0 aliphatic rings. The standard InChI is InChI=1S/C14H16FNO3/c1-4-19-14(18)11(9-16(2)3)13(17)10-7-5-6-8-12(10)15/h5-9H,4H2,1-3H3/b11-9-. The molecule has 0 aliphatic heterocycles. The van der Waals surface area contributed by atoms with Crippen molar-refractivity contribution in [2.45, 2.75) is 6.92 Å². The highest BCUT2D eigenvalue weighted by atomic mass is 19.1. The summed E-state index contributed by atoms with van der Waals surface area (Å²) in [4.78, 5) is 25.5. The van der Waals surface area contributed by atoms with Crippen LogP contribution in [0.5, 0.6) is 0 Å². The van der Waals surface area contributed by atoms with E-state index in [9.17, 15) is 14.0 Å². The number of esters is 1. The van der Waals surface area contributed by atoms with Crippen LogP contribution in [0.4, 0.5) is 4.39 Å². The molecule has 0 bridgehead atoms. The van der Waals surface area contributed by atoms with Gasteiger partial charge in [0.05, 0.1) is 12.2 Å². The molecular formula is C14H16FNO3. The van der Waals surface area contributed by atoms with Crippen molar-refractivity contribution >= 4 is 11.8 Å². The lowest BCUT2D eigenvalue weighted by atomic mass is 10.0. The van der Waals surface area contributed by atoms with Gasteiger partial charge >= 0.3 is 5.97 Å². The molecule has 0 fully saturated rings. The average molecular weight is 265 g/mol. The molecule has 0 saturated carbocycles. The van der Waals surface area contributed by atoms with Gasteiger partial charge in [-0.25, -0.2) is 9.18 Å². The minimum absolute atomic E-state index is 0.147. The fraction of sp³-hybridized carbons (Fsp3) is 0.286. The van der Waals surface area contributed by atoms with Gasteiger partial charge in [-0.3, -0.25) is 4.79 Å². The first-order valence-corrected chi connectivity index (χ1v) is 5.82. The largest absolute Gasteiger partial charge is 0.462 e. The Bertz CT molecular complexity index is 509. The molecule has 0 spiro atoms. The van der Waals surface area contributed by atoms with Crippen molar-refractivity contribution in [1.29, 1.82) is 0 Å². The fourth-order valence-corrected chi connectivity index (χ4v) is 1.46. The van der Waals surface area contributed by atoms with Crippen LogP contribution in [0.2, 0.25) is 0 Å². The highest BCUT2D eigenvalue weighted by molar-refractivity contribution is 6.24. The molecule has 4 nitrogen and oxygen atoms in total. The zero-order chi connectivity index (χ0) is 14.4. The number of rotatable bonds is 5. The van der Waals surface area contributed by atoms with Gasteiger partial charge in [0.2, 0.25) is 5.78 Å². The Kier molecular flexibility index (Phi) is 5.23. The van der Waals surface area contributed by atoms with Gasteiger partial charge in [-0.2, -0.15) is 0 Å². The van der Waals surface area contributed by atoms with Crippen molar-refractivity contribution in [3.63, 3.8) is 0 Å². The molecule has 0 N–H and O–H groups in total.